The van der Waals surface area contributed by atoms with Crippen molar-refractivity contribution in [3.05, 3.63) is 35.5 Å². The van der Waals surface area contributed by atoms with Crippen LogP contribution < -0.4 is 5.73 Å². The van der Waals surface area contributed by atoms with E-state index in [1.807, 2.05) is 0 Å². The molecule has 1 heterocycles. The smallest absolute Gasteiger partial charge is 0.358 e. The van der Waals surface area contributed by atoms with Gasteiger partial charge in [0.25, 0.3) is 0 Å². The molecule has 3 N–H and O–H groups in total. The zero-order chi connectivity index (χ0) is 14.7. The number of ketones is 1. The molecule has 104 valence electrons. The van der Waals surface area contributed by atoms with E-state index in [2.05, 4.69) is 10.2 Å². The van der Waals surface area contributed by atoms with Gasteiger partial charge >= 0.3 is 5.97 Å². The second kappa shape index (κ2) is 5.56. The minimum Gasteiger partial charge on any atom is -0.461 e. The SMILES string of the molecule is CCOC(=O)c1[nH]nc(-c2ccc(C(C)=O)cc2)c1N. The molecular formula is C14H15N3O3. The number of benzene rings is 1. The third-order valence-electron chi connectivity index (χ3n) is 2.85. The van der Waals surface area contributed by atoms with Gasteiger partial charge in [-0.2, -0.15) is 5.10 Å². The second-order valence-electron chi connectivity index (χ2n) is 4.21. The third kappa shape index (κ3) is 2.54. The number of aromatic nitrogens is 2. The second-order valence-corrected chi connectivity index (χ2v) is 4.21. The largest absolute Gasteiger partial charge is 0.461 e. The lowest BCUT2D eigenvalue weighted by molar-refractivity contribution is 0.0520. The van der Waals surface area contributed by atoms with E-state index in [-0.39, 0.29) is 23.8 Å². The van der Waals surface area contributed by atoms with Crippen molar-refractivity contribution >= 4 is 17.4 Å². The van der Waals surface area contributed by atoms with Gasteiger partial charge in [-0.3, -0.25) is 9.89 Å². The summed E-state index contributed by atoms with van der Waals surface area (Å²) in [6.07, 6.45) is 0. The first-order chi connectivity index (χ1) is 9.54. The summed E-state index contributed by atoms with van der Waals surface area (Å²) in [7, 11) is 0. The van der Waals surface area contributed by atoms with Gasteiger partial charge in [0, 0.05) is 11.1 Å². The van der Waals surface area contributed by atoms with Crippen LogP contribution >= 0.6 is 0 Å². The predicted molar refractivity (Wildman–Crippen MR) is 74.4 cm³/mol. The highest BCUT2D eigenvalue weighted by atomic mass is 16.5. The zero-order valence-electron chi connectivity index (χ0n) is 11.3. The Morgan fingerprint density at radius 3 is 2.50 bits per heavy atom. The molecular weight excluding hydrogens is 258 g/mol. The molecule has 0 radical (unpaired) electrons. The molecule has 2 aromatic rings. The molecule has 6 heteroatoms. The minimum absolute atomic E-state index is 0.0150. The third-order valence-corrected chi connectivity index (χ3v) is 2.85. The molecule has 0 spiro atoms. The summed E-state index contributed by atoms with van der Waals surface area (Å²) >= 11 is 0. The fourth-order valence-electron chi connectivity index (χ4n) is 1.79. The average molecular weight is 273 g/mol. The number of rotatable bonds is 4. The van der Waals surface area contributed by atoms with E-state index in [4.69, 9.17) is 10.5 Å². The van der Waals surface area contributed by atoms with Crippen molar-refractivity contribution in [1.82, 2.24) is 10.2 Å². The van der Waals surface area contributed by atoms with Gasteiger partial charge in [0.1, 0.15) is 5.69 Å². The van der Waals surface area contributed by atoms with Crippen LogP contribution in [0.2, 0.25) is 0 Å². The molecule has 2 rings (SSSR count). The number of Topliss-reactive ketones (excluding diaryl/α,β-unsaturated/α-hetero) is 1. The fourth-order valence-corrected chi connectivity index (χ4v) is 1.79. The van der Waals surface area contributed by atoms with Crippen LogP contribution in [0.25, 0.3) is 11.3 Å². The summed E-state index contributed by atoms with van der Waals surface area (Å²) in [5.41, 5.74) is 8.06. The van der Waals surface area contributed by atoms with Gasteiger partial charge in [-0.05, 0) is 13.8 Å². The Balaban J connectivity index is 2.34. The normalized spacial score (nSPS) is 10.3. The lowest BCUT2D eigenvalue weighted by atomic mass is 10.1. The number of nitrogen functional groups attached to an aromatic ring is 1. The molecule has 1 aromatic carbocycles. The number of nitrogens with one attached hydrogen (secondary N) is 1. The average Bonchev–Trinajstić information content (AvgIpc) is 2.81. The van der Waals surface area contributed by atoms with E-state index in [1.54, 1.807) is 31.2 Å². The van der Waals surface area contributed by atoms with Crippen LogP contribution in [0.3, 0.4) is 0 Å². The Kier molecular flexibility index (Phi) is 3.84. The summed E-state index contributed by atoms with van der Waals surface area (Å²) in [6, 6.07) is 6.85. The highest BCUT2D eigenvalue weighted by molar-refractivity contribution is 5.97. The molecule has 0 saturated heterocycles. The standard InChI is InChI=1S/C14H15N3O3/c1-3-20-14(19)13-11(15)12(16-17-13)10-6-4-9(5-7-10)8(2)18/h4-7H,3,15H2,1-2H3,(H,16,17). The van der Waals surface area contributed by atoms with Gasteiger partial charge in [0.2, 0.25) is 0 Å². The number of aromatic amines is 1. The number of carbonyl (C=O) groups is 2. The van der Waals surface area contributed by atoms with Gasteiger partial charge in [-0.25, -0.2) is 4.79 Å². The van der Waals surface area contributed by atoms with Crippen LogP contribution in [0.1, 0.15) is 34.7 Å². The highest BCUT2D eigenvalue weighted by Gasteiger charge is 2.18. The van der Waals surface area contributed by atoms with Crippen molar-refractivity contribution < 1.29 is 14.3 Å². The Morgan fingerprint density at radius 2 is 1.95 bits per heavy atom. The Labute approximate surface area is 115 Å². The number of carbonyl (C=O) groups excluding carboxylic acids is 2. The van der Waals surface area contributed by atoms with Gasteiger partial charge in [-0.1, -0.05) is 24.3 Å². The van der Waals surface area contributed by atoms with Crippen LogP contribution in [0.4, 0.5) is 5.69 Å². The summed E-state index contributed by atoms with van der Waals surface area (Å²) in [5.74, 6) is -0.553. The number of H-pyrrole nitrogens is 1. The molecule has 0 bridgehead atoms. The fraction of sp³-hybridized carbons (Fsp3) is 0.214. The number of hydrogen-bond donors (Lipinski definition) is 2. The number of ether oxygens (including phenoxy) is 1. The highest BCUT2D eigenvalue weighted by Crippen LogP contribution is 2.26. The minimum atomic E-state index is -0.538. The van der Waals surface area contributed by atoms with E-state index in [9.17, 15) is 9.59 Å². The van der Waals surface area contributed by atoms with Crippen LogP contribution in [0.5, 0.6) is 0 Å². The van der Waals surface area contributed by atoms with Crippen molar-refractivity contribution in [2.75, 3.05) is 12.3 Å². The maximum atomic E-state index is 11.6. The zero-order valence-corrected chi connectivity index (χ0v) is 11.3. The summed E-state index contributed by atoms with van der Waals surface area (Å²) in [5, 5.41) is 6.61. The van der Waals surface area contributed by atoms with Crippen LogP contribution in [-0.2, 0) is 4.74 Å². The quantitative estimate of drug-likeness (QED) is 0.656. The molecule has 0 amide bonds. The monoisotopic (exact) mass is 273 g/mol. The Morgan fingerprint density at radius 1 is 1.30 bits per heavy atom. The summed E-state index contributed by atoms with van der Waals surface area (Å²) in [6.45, 7) is 3.47. The maximum Gasteiger partial charge on any atom is 0.358 e. The van der Waals surface area contributed by atoms with Crippen molar-refractivity contribution in [1.29, 1.82) is 0 Å². The number of nitrogens with zero attached hydrogens (tertiary/aromatic N) is 1. The molecule has 0 saturated carbocycles. The molecule has 20 heavy (non-hydrogen) atoms. The summed E-state index contributed by atoms with van der Waals surface area (Å²) in [4.78, 5) is 22.9. The predicted octanol–water partition coefficient (Wildman–Crippen LogP) is 2.04. The van der Waals surface area contributed by atoms with Crippen LogP contribution in [0, 0.1) is 0 Å². The molecule has 0 aliphatic rings. The molecule has 0 aliphatic heterocycles. The number of hydrogen-bond acceptors (Lipinski definition) is 5. The van der Waals surface area contributed by atoms with Crippen molar-refractivity contribution in [3.8, 4) is 11.3 Å². The first-order valence-corrected chi connectivity index (χ1v) is 6.17. The van der Waals surface area contributed by atoms with Gasteiger partial charge < -0.3 is 10.5 Å². The lowest BCUT2D eigenvalue weighted by Gasteiger charge is -2.02. The molecule has 0 fully saturated rings. The first-order valence-electron chi connectivity index (χ1n) is 6.17. The lowest BCUT2D eigenvalue weighted by Crippen LogP contribution is -2.07. The van der Waals surface area contributed by atoms with Crippen molar-refractivity contribution in [2.45, 2.75) is 13.8 Å². The molecule has 0 atom stereocenters. The maximum absolute atomic E-state index is 11.6. The van der Waals surface area contributed by atoms with Gasteiger partial charge in [-0.15, -0.1) is 0 Å². The number of nitrogens with two attached hydrogens (primary N) is 1. The molecule has 6 nitrogen and oxygen atoms in total. The number of anilines is 1. The Bertz CT molecular complexity index is 644. The van der Waals surface area contributed by atoms with E-state index >= 15 is 0 Å². The first kappa shape index (κ1) is 13.8. The van der Waals surface area contributed by atoms with E-state index < -0.39 is 5.97 Å². The Hall–Kier alpha value is -2.63. The van der Waals surface area contributed by atoms with Crippen LogP contribution in [0.15, 0.2) is 24.3 Å². The molecule has 0 aliphatic carbocycles. The molecule has 0 unspecified atom stereocenters. The van der Waals surface area contributed by atoms with E-state index in [0.717, 1.165) is 5.56 Å². The van der Waals surface area contributed by atoms with E-state index in [1.165, 1.54) is 6.92 Å². The van der Waals surface area contributed by atoms with Crippen molar-refractivity contribution in [3.63, 3.8) is 0 Å². The number of esters is 1. The van der Waals surface area contributed by atoms with Crippen LogP contribution in [-0.4, -0.2) is 28.6 Å². The summed E-state index contributed by atoms with van der Waals surface area (Å²) < 4.78 is 4.87. The topological polar surface area (TPSA) is 98.1 Å². The van der Waals surface area contributed by atoms with Crippen molar-refractivity contribution in [2.24, 2.45) is 0 Å². The molecule has 1 aromatic heterocycles. The van der Waals surface area contributed by atoms with Gasteiger partial charge in [0.15, 0.2) is 11.5 Å². The van der Waals surface area contributed by atoms with E-state index in [0.29, 0.717) is 11.3 Å². The van der Waals surface area contributed by atoms with Gasteiger partial charge in [0.05, 0.1) is 12.3 Å².